The highest BCUT2D eigenvalue weighted by Crippen LogP contribution is 2.14. The Balaban J connectivity index is 1.95. The lowest BCUT2D eigenvalue weighted by Crippen LogP contribution is -2.45. The van der Waals surface area contributed by atoms with E-state index in [0.717, 1.165) is 0 Å². The number of rotatable bonds is 7. The Morgan fingerprint density at radius 3 is 2.44 bits per heavy atom. The van der Waals surface area contributed by atoms with E-state index < -0.39 is 22.8 Å². The molecule has 0 saturated carbocycles. The zero-order chi connectivity index (χ0) is 18.4. The molecule has 132 valence electrons. The third-order valence-corrected chi connectivity index (χ3v) is 3.48. The van der Waals surface area contributed by atoms with E-state index in [-0.39, 0.29) is 24.0 Å². The van der Waals surface area contributed by atoms with Crippen molar-refractivity contribution in [2.24, 2.45) is 5.92 Å². The molecule has 2 aromatic rings. The maximum atomic E-state index is 12.3. The normalized spacial score (nSPS) is 11.8. The van der Waals surface area contributed by atoms with Gasteiger partial charge in [-0.15, -0.1) is 0 Å². The molecule has 0 aliphatic heterocycles. The number of nitro benzene ring substituents is 1. The number of nitrogens with one attached hydrogen (secondary N) is 1. The van der Waals surface area contributed by atoms with E-state index in [4.69, 9.17) is 9.15 Å². The summed E-state index contributed by atoms with van der Waals surface area (Å²) in [5, 5.41) is 13.2. The molecule has 8 heteroatoms. The van der Waals surface area contributed by atoms with Gasteiger partial charge in [-0.05, 0) is 35.7 Å². The number of nitro groups is 1. The molecule has 0 radical (unpaired) electrons. The summed E-state index contributed by atoms with van der Waals surface area (Å²) < 4.78 is 10.2. The van der Waals surface area contributed by atoms with Crippen LogP contribution in [0.3, 0.4) is 0 Å². The van der Waals surface area contributed by atoms with Crippen molar-refractivity contribution in [2.45, 2.75) is 26.5 Å². The molecule has 0 unspecified atom stereocenters. The zero-order valence-corrected chi connectivity index (χ0v) is 13.8. The van der Waals surface area contributed by atoms with Gasteiger partial charge in [-0.3, -0.25) is 14.9 Å². The van der Waals surface area contributed by atoms with Gasteiger partial charge in [-0.25, -0.2) is 4.79 Å². The molecule has 2 rings (SSSR count). The number of benzene rings is 1. The van der Waals surface area contributed by atoms with Crippen LogP contribution in [0, 0.1) is 16.0 Å². The molecule has 1 atom stereocenters. The molecule has 1 heterocycles. The fourth-order valence-electron chi connectivity index (χ4n) is 2.08. The van der Waals surface area contributed by atoms with Crippen LogP contribution in [0.25, 0.3) is 0 Å². The largest absolute Gasteiger partial charge is 0.459 e. The van der Waals surface area contributed by atoms with Crippen molar-refractivity contribution in [1.82, 2.24) is 5.32 Å². The minimum absolute atomic E-state index is 0.0409. The van der Waals surface area contributed by atoms with Gasteiger partial charge in [0.15, 0.2) is 5.76 Å². The lowest BCUT2D eigenvalue weighted by Gasteiger charge is -2.20. The third kappa shape index (κ3) is 4.90. The average Bonchev–Trinajstić information content (AvgIpc) is 3.12. The van der Waals surface area contributed by atoms with Crippen molar-refractivity contribution in [1.29, 1.82) is 0 Å². The number of non-ortho nitro benzene ring substituents is 1. The molecule has 0 aliphatic carbocycles. The number of furan rings is 1. The Hall–Kier alpha value is -3.16. The Bertz CT molecular complexity index is 737. The van der Waals surface area contributed by atoms with E-state index in [9.17, 15) is 19.7 Å². The lowest BCUT2D eigenvalue weighted by atomic mass is 10.0. The van der Waals surface area contributed by atoms with Gasteiger partial charge in [0.05, 0.1) is 11.2 Å². The molecule has 0 saturated heterocycles. The van der Waals surface area contributed by atoms with Gasteiger partial charge < -0.3 is 14.5 Å². The fraction of sp³-hybridized carbons (Fsp3) is 0.294. The number of ether oxygens (including phenoxy) is 1. The second-order valence-corrected chi connectivity index (χ2v) is 5.70. The monoisotopic (exact) mass is 346 g/mol. The summed E-state index contributed by atoms with van der Waals surface area (Å²) >= 11 is 0. The van der Waals surface area contributed by atoms with Crippen molar-refractivity contribution < 1.29 is 23.7 Å². The van der Waals surface area contributed by atoms with E-state index in [1.165, 1.54) is 36.6 Å². The minimum atomic E-state index is -0.837. The second-order valence-electron chi connectivity index (χ2n) is 5.70. The van der Waals surface area contributed by atoms with Gasteiger partial charge in [0, 0.05) is 12.1 Å². The highest BCUT2D eigenvalue weighted by Gasteiger charge is 2.27. The molecular formula is C17H18N2O6. The summed E-state index contributed by atoms with van der Waals surface area (Å²) in [6, 6.07) is 7.93. The molecule has 25 heavy (non-hydrogen) atoms. The quantitative estimate of drug-likeness (QED) is 0.469. The number of hydrogen-bond donors (Lipinski definition) is 1. The summed E-state index contributed by atoms with van der Waals surface area (Å²) in [5.41, 5.74) is 0.569. The molecule has 1 aromatic carbocycles. The van der Waals surface area contributed by atoms with Crippen LogP contribution in [0.2, 0.25) is 0 Å². The number of amides is 1. The van der Waals surface area contributed by atoms with Gasteiger partial charge in [-0.2, -0.15) is 0 Å². The molecule has 8 nitrogen and oxygen atoms in total. The van der Waals surface area contributed by atoms with Crippen molar-refractivity contribution in [2.75, 3.05) is 0 Å². The molecule has 0 bridgehead atoms. The van der Waals surface area contributed by atoms with Gasteiger partial charge in [0.25, 0.3) is 11.6 Å². The molecule has 1 amide bonds. The van der Waals surface area contributed by atoms with Crippen LogP contribution in [0.5, 0.6) is 0 Å². The smallest absolute Gasteiger partial charge is 0.329 e. The summed E-state index contributed by atoms with van der Waals surface area (Å²) in [6.07, 6.45) is 1.37. The summed E-state index contributed by atoms with van der Waals surface area (Å²) in [4.78, 5) is 34.4. The van der Waals surface area contributed by atoms with Gasteiger partial charge >= 0.3 is 5.97 Å². The molecule has 1 aromatic heterocycles. The predicted molar refractivity (Wildman–Crippen MR) is 87.7 cm³/mol. The van der Waals surface area contributed by atoms with E-state index in [1.807, 2.05) is 0 Å². The first-order chi connectivity index (χ1) is 11.9. The first-order valence-electron chi connectivity index (χ1n) is 7.63. The Morgan fingerprint density at radius 1 is 1.24 bits per heavy atom. The fourth-order valence-corrected chi connectivity index (χ4v) is 2.08. The van der Waals surface area contributed by atoms with Crippen LogP contribution in [0.4, 0.5) is 5.69 Å². The third-order valence-electron chi connectivity index (χ3n) is 3.48. The molecular weight excluding hydrogens is 328 g/mol. The van der Waals surface area contributed by atoms with E-state index in [1.54, 1.807) is 19.9 Å². The van der Waals surface area contributed by atoms with Gasteiger partial charge in [0.1, 0.15) is 12.6 Å². The summed E-state index contributed by atoms with van der Waals surface area (Å²) in [5.74, 6) is -1.18. The van der Waals surface area contributed by atoms with E-state index in [2.05, 4.69) is 5.32 Å². The summed E-state index contributed by atoms with van der Waals surface area (Å²) in [6.45, 7) is 3.51. The molecule has 1 N–H and O–H groups in total. The Morgan fingerprint density at radius 2 is 1.92 bits per heavy atom. The average molecular weight is 346 g/mol. The van der Waals surface area contributed by atoms with Crippen LogP contribution in [-0.2, 0) is 16.1 Å². The highest BCUT2D eigenvalue weighted by molar-refractivity contribution is 5.94. The predicted octanol–water partition coefficient (Wildman–Crippen LogP) is 2.69. The van der Waals surface area contributed by atoms with Crippen LogP contribution in [0.1, 0.15) is 30.0 Å². The van der Waals surface area contributed by atoms with E-state index >= 15 is 0 Å². The van der Waals surface area contributed by atoms with Crippen LogP contribution in [0.15, 0.2) is 47.1 Å². The number of hydrogen-bond acceptors (Lipinski definition) is 6. The second kappa shape index (κ2) is 8.09. The van der Waals surface area contributed by atoms with Crippen molar-refractivity contribution in [3.8, 4) is 0 Å². The maximum absolute atomic E-state index is 12.3. The van der Waals surface area contributed by atoms with Gasteiger partial charge in [0.2, 0.25) is 0 Å². The zero-order valence-electron chi connectivity index (χ0n) is 13.8. The number of esters is 1. The van der Waals surface area contributed by atoms with Crippen molar-refractivity contribution in [3.05, 3.63) is 64.1 Å². The Kier molecular flexibility index (Phi) is 5.89. The summed E-state index contributed by atoms with van der Waals surface area (Å²) in [7, 11) is 0. The number of carbonyl (C=O) groups excluding carboxylic acids is 2. The highest BCUT2D eigenvalue weighted by atomic mass is 16.6. The van der Waals surface area contributed by atoms with Crippen molar-refractivity contribution >= 4 is 17.6 Å². The molecule has 0 aliphatic rings. The topological polar surface area (TPSA) is 112 Å². The molecule has 0 spiro atoms. The van der Waals surface area contributed by atoms with Crippen LogP contribution in [-0.4, -0.2) is 22.8 Å². The van der Waals surface area contributed by atoms with E-state index in [0.29, 0.717) is 5.56 Å². The van der Waals surface area contributed by atoms with Crippen LogP contribution < -0.4 is 5.32 Å². The maximum Gasteiger partial charge on any atom is 0.329 e. The first kappa shape index (κ1) is 18.2. The SMILES string of the molecule is CC(C)[C@H](NC(=O)c1ccco1)C(=O)OCc1ccc([N+](=O)[O-])cc1. The van der Waals surface area contributed by atoms with Crippen molar-refractivity contribution in [3.63, 3.8) is 0 Å². The standard InChI is InChI=1S/C17H18N2O6/c1-11(2)15(18-16(20)14-4-3-9-24-14)17(21)25-10-12-5-7-13(8-6-12)19(22)23/h3-9,11,15H,10H2,1-2H3,(H,18,20)/t15-/m0/s1. The Labute approximate surface area is 143 Å². The number of carbonyl (C=O) groups is 2. The first-order valence-corrected chi connectivity index (χ1v) is 7.63. The molecule has 0 fully saturated rings. The minimum Gasteiger partial charge on any atom is -0.459 e. The lowest BCUT2D eigenvalue weighted by molar-refractivity contribution is -0.384. The van der Waals surface area contributed by atoms with Gasteiger partial charge in [-0.1, -0.05) is 13.8 Å². The van der Waals surface area contributed by atoms with Crippen LogP contribution >= 0.6 is 0 Å². The number of nitrogens with zero attached hydrogens (tertiary/aromatic N) is 1.